The van der Waals surface area contributed by atoms with Crippen molar-refractivity contribution in [3.63, 3.8) is 0 Å². The Morgan fingerprint density at radius 3 is 2.81 bits per heavy atom. The quantitative estimate of drug-likeness (QED) is 0.555. The second kappa shape index (κ2) is 5.97. The molecule has 4 aromatic heterocycles. The van der Waals surface area contributed by atoms with Gasteiger partial charge in [0.25, 0.3) is 0 Å². The number of fused-ring (bicyclic) bond motifs is 1. The van der Waals surface area contributed by atoms with Crippen molar-refractivity contribution in [3.8, 4) is 11.4 Å². The molecule has 27 heavy (non-hydrogen) atoms. The molecule has 0 radical (unpaired) electrons. The molecule has 1 aliphatic rings. The Labute approximate surface area is 155 Å². The van der Waals surface area contributed by atoms with Gasteiger partial charge in [-0.2, -0.15) is 10.2 Å². The van der Waals surface area contributed by atoms with E-state index in [1.807, 2.05) is 34.5 Å². The SMILES string of the molecule is CCn1nc(C2CC2c2cncc(F)c2)cc1-c1ccc2cnc(C)n2n1. The predicted octanol–water partition coefficient (Wildman–Crippen LogP) is 3.73. The summed E-state index contributed by atoms with van der Waals surface area (Å²) in [5, 5.41) is 9.52. The van der Waals surface area contributed by atoms with Crippen LogP contribution in [0.4, 0.5) is 4.39 Å². The third kappa shape index (κ3) is 2.70. The lowest BCUT2D eigenvalue weighted by molar-refractivity contribution is 0.618. The summed E-state index contributed by atoms with van der Waals surface area (Å²) >= 11 is 0. The van der Waals surface area contributed by atoms with Gasteiger partial charge in [-0.3, -0.25) is 9.67 Å². The number of hydrogen-bond donors (Lipinski definition) is 0. The normalized spacial score (nSPS) is 18.9. The number of aryl methyl sites for hydroxylation is 2. The van der Waals surface area contributed by atoms with Crippen LogP contribution in [0.25, 0.3) is 16.9 Å². The predicted molar refractivity (Wildman–Crippen MR) is 98.9 cm³/mol. The van der Waals surface area contributed by atoms with Gasteiger partial charge in [-0.1, -0.05) is 0 Å². The Balaban J connectivity index is 1.50. The minimum Gasteiger partial charge on any atom is -0.263 e. The maximum Gasteiger partial charge on any atom is 0.141 e. The molecule has 0 spiro atoms. The lowest BCUT2D eigenvalue weighted by atomic mass is 10.1. The summed E-state index contributed by atoms with van der Waals surface area (Å²) in [6, 6.07) is 7.71. The first kappa shape index (κ1) is 16.1. The van der Waals surface area contributed by atoms with E-state index in [1.54, 1.807) is 12.3 Å². The zero-order valence-corrected chi connectivity index (χ0v) is 15.2. The van der Waals surface area contributed by atoms with Gasteiger partial charge in [0.15, 0.2) is 0 Å². The highest BCUT2D eigenvalue weighted by Crippen LogP contribution is 2.54. The molecule has 2 atom stereocenters. The molecule has 4 aromatic rings. The molecular weight excluding hydrogens is 343 g/mol. The Hall–Kier alpha value is -3.09. The van der Waals surface area contributed by atoms with Crippen molar-refractivity contribution in [1.29, 1.82) is 0 Å². The number of nitrogens with zero attached hydrogens (tertiary/aromatic N) is 6. The van der Waals surface area contributed by atoms with Gasteiger partial charge in [0.2, 0.25) is 0 Å². The summed E-state index contributed by atoms with van der Waals surface area (Å²) in [7, 11) is 0. The number of hydrogen-bond acceptors (Lipinski definition) is 4. The molecular formula is C20H19FN6. The van der Waals surface area contributed by atoms with Crippen LogP contribution in [0.5, 0.6) is 0 Å². The fourth-order valence-electron chi connectivity index (χ4n) is 3.73. The fourth-order valence-corrected chi connectivity index (χ4v) is 3.73. The molecule has 6 nitrogen and oxygen atoms in total. The Morgan fingerprint density at radius 1 is 1.11 bits per heavy atom. The van der Waals surface area contributed by atoms with Crippen LogP contribution >= 0.6 is 0 Å². The van der Waals surface area contributed by atoms with Gasteiger partial charge in [-0.15, -0.1) is 0 Å². The minimum atomic E-state index is -0.286. The standard InChI is InChI=1S/C20H19FN6/c1-3-26-20(18-5-4-15-11-23-12(2)27(15)25-18)8-19(24-26)17-7-16(17)13-6-14(21)10-22-9-13/h4-6,8-11,16-17H,3,7H2,1-2H3. The minimum absolute atomic E-state index is 0.285. The van der Waals surface area contributed by atoms with Gasteiger partial charge in [-0.25, -0.2) is 13.9 Å². The van der Waals surface area contributed by atoms with E-state index in [9.17, 15) is 4.39 Å². The maximum absolute atomic E-state index is 13.5. The van der Waals surface area contributed by atoms with Crippen molar-refractivity contribution in [2.75, 3.05) is 0 Å². The highest BCUT2D eigenvalue weighted by Gasteiger charge is 2.42. The average molecular weight is 362 g/mol. The van der Waals surface area contributed by atoms with Gasteiger partial charge in [0.05, 0.1) is 29.3 Å². The summed E-state index contributed by atoms with van der Waals surface area (Å²) < 4.78 is 17.3. The van der Waals surface area contributed by atoms with E-state index in [4.69, 9.17) is 10.2 Å². The largest absolute Gasteiger partial charge is 0.263 e. The van der Waals surface area contributed by atoms with E-state index in [-0.39, 0.29) is 11.7 Å². The number of halogens is 1. The Kier molecular flexibility index (Phi) is 3.56. The van der Waals surface area contributed by atoms with Gasteiger partial charge in [-0.05, 0) is 56.0 Å². The van der Waals surface area contributed by atoms with Crippen LogP contribution in [0.2, 0.25) is 0 Å². The summed E-state index contributed by atoms with van der Waals surface area (Å²) in [6.45, 7) is 4.77. The molecule has 136 valence electrons. The van der Waals surface area contributed by atoms with Gasteiger partial charge in [0, 0.05) is 18.7 Å². The molecule has 0 N–H and O–H groups in total. The molecule has 0 amide bonds. The summed E-state index contributed by atoms with van der Waals surface area (Å²) in [6.07, 6.45) is 5.78. The van der Waals surface area contributed by atoms with E-state index in [0.717, 1.165) is 47.0 Å². The van der Waals surface area contributed by atoms with Crippen molar-refractivity contribution in [1.82, 2.24) is 29.4 Å². The molecule has 0 aliphatic heterocycles. The van der Waals surface area contributed by atoms with Gasteiger partial charge < -0.3 is 0 Å². The maximum atomic E-state index is 13.5. The van der Waals surface area contributed by atoms with Crippen LogP contribution in [0.3, 0.4) is 0 Å². The van der Waals surface area contributed by atoms with Crippen LogP contribution in [0, 0.1) is 12.7 Å². The van der Waals surface area contributed by atoms with Gasteiger partial charge >= 0.3 is 0 Å². The first-order valence-corrected chi connectivity index (χ1v) is 9.14. The van der Waals surface area contributed by atoms with Crippen LogP contribution in [-0.4, -0.2) is 29.4 Å². The summed E-state index contributed by atoms with van der Waals surface area (Å²) in [5.74, 6) is 1.16. The van der Waals surface area contributed by atoms with Crippen molar-refractivity contribution in [3.05, 3.63) is 65.8 Å². The van der Waals surface area contributed by atoms with E-state index in [0.29, 0.717) is 5.92 Å². The molecule has 7 heteroatoms. The summed E-state index contributed by atoms with van der Waals surface area (Å²) in [4.78, 5) is 8.28. The van der Waals surface area contributed by atoms with E-state index in [2.05, 4.69) is 23.0 Å². The van der Waals surface area contributed by atoms with Crippen LogP contribution in [0.1, 0.15) is 42.3 Å². The van der Waals surface area contributed by atoms with Gasteiger partial charge in [0.1, 0.15) is 17.3 Å². The third-order valence-electron chi connectivity index (χ3n) is 5.24. The Bertz CT molecular complexity index is 1140. The first-order chi connectivity index (χ1) is 13.1. The molecule has 4 heterocycles. The average Bonchev–Trinajstić information content (AvgIpc) is 3.23. The molecule has 0 saturated heterocycles. The van der Waals surface area contributed by atoms with Crippen LogP contribution in [-0.2, 0) is 6.54 Å². The van der Waals surface area contributed by atoms with E-state index < -0.39 is 0 Å². The molecule has 0 aromatic carbocycles. The van der Waals surface area contributed by atoms with E-state index in [1.165, 1.54) is 6.20 Å². The van der Waals surface area contributed by atoms with Crippen molar-refractivity contribution >= 4 is 5.52 Å². The topological polar surface area (TPSA) is 60.9 Å². The second-order valence-electron chi connectivity index (χ2n) is 7.02. The Morgan fingerprint density at radius 2 is 2.00 bits per heavy atom. The molecule has 5 rings (SSSR count). The molecule has 0 bridgehead atoms. The number of imidazole rings is 1. The van der Waals surface area contributed by atoms with E-state index >= 15 is 0 Å². The lowest BCUT2D eigenvalue weighted by Crippen LogP contribution is -2.03. The zero-order chi connectivity index (χ0) is 18.5. The second-order valence-corrected chi connectivity index (χ2v) is 7.02. The lowest BCUT2D eigenvalue weighted by Gasteiger charge is -2.04. The zero-order valence-electron chi connectivity index (χ0n) is 15.2. The molecule has 1 fully saturated rings. The highest BCUT2D eigenvalue weighted by molar-refractivity contribution is 5.59. The number of rotatable bonds is 4. The van der Waals surface area contributed by atoms with Crippen LogP contribution < -0.4 is 0 Å². The first-order valence-electron chi connectivity index (χ1n) is 9.14. The number of pyridine rings is 1. The number of aromatic nitrogens is 6. The van der Waals surface area contributed by atoms with Crippen molar-refractivity contribution < 1.29 is 4.39 Å². The highest BCUT2D eigenvalue weighted by atomic mass is 19.1. The molecule has 1 aliphatic carbocycles. The monoisotopic (exact) mass is 362 g/mol. The molecule has 1 saturated carbocycles. The smallest absolute Gasteiger partial charge is 0.141 e. The van der Waals surface area contributed by atoms with Crippen LogP contribution in [0.15, 0.2) is 42.9 Å². The third-order valence-corrected chi connectivity index (χ3v) is 5.24. The molecule has 2 unspecified atom stereocenters. The van der Waals surface area contributed by atoms with Crippen molar-refractivity contribution in [2.24, 2.45) is 0 Å². The van der Waals surface area contributed by atoms with Crippen molar-refractivity contribution in [2.45, 2.75) is 38.6 Å². The summed E-state index contributed by atoms with van der Waals surface area (Å²) in [5.41, 5.74) is 4.81. The fraction of sp³-hybridized carbons (Fsp3) is 0.300.